The highest BCUT2D eigenvalue weighted by atomic mass is 32.1. The van der Waals surface area contributed by atoms with E-state index in [0.717, 1.165) is 44.8 Å². The van der Waals surface area contributed by atoms with Gasteiger partial charge in [-0.3, -0.25) is 14.8 Å². The van der Waals surface area contributed by atoms with Crippen LogP contribution in [0.15, 0.2) is 34.6 Å². The first-order chi connectivity index (χ1) is 17.1. The first-order valence-corrected chi connectivity index (χ1v) is 15.1. The minimum atomic E-state index is 0.269. The molecule has 0 bridgehead atoms. The van der Waals surface area contributed by atoms with Crippen LogP contribution in [0, 0.1) is 19.3 Å². The Kier molecular flexibility index (Phi) is 7.56. The highest BCUT2D eigenvalue weighted by molar-refractivity contribution is 7.12. The Morgan fingerprint density at radius 1 is 0.917 bits per heavy atom. The normalized spacial score (nSPS) is 17.3. The zero-order valence-electron chi connectivity index (χ0n) is 22.9. The van der Waals surface area contributed by atoms with Crippen LogP contribution in [0.1, 0.15) is 76.6 Å². The van der Waals surface area contributed by atoms with Gasteiger partial charge in [0.15, 0.2) is 0 Å². The van der Waals surface area contributed by atoms with E-state index in [2.05, 4.69) is 81.0 Å². The number of aryl methyl sites for hydroxylation is 2. The summed E-state index contributed by atoms with van der Waals surface area (Å²) in [7, 11) is 0. The average Bonchev–Trinajstić information content (AvgIpc) is 3.40. The smallest absolute Gasteiger partial charge is 0.0687 e. The molecular formula is C31H41N3S2. The van der Waals surface area contributed by atoms with Gasteiger partial charge in [0.05, 0.1) is 5.69 Å². The maximum Gasteiger partial charge on any atom is 0.0687 e. The van der Waals surface area contributed by atoms with Gasteiger partial charge >= 0.3 is 0 Å². The Hall–Kier alpha value is -1.79. The Morgan fingerprint density at radius 3 is 2.31 bits per heavy atom. The summed E-state index contributed by atoms with van der Waals surface area (Å²) in [6, 6.07) is 9.54. The molecule has 0 saturated heterocycles. The van der Waals surface area contributed by atoms with Gasteiger partial charge in [0.25, 0.3) is 0 Å². The summed E-state index contributed by atoms with van der Waals surface area (Å²) < 4.78 is 0. The summed E-state index contributed by atoms with van der Waals surface area (Å²) in [6.07, 6.45) is 3.41. The number of hydrogen-bond donors (Lipinski definition) is 0. The van der Waals surface area contributed by atoms with Crippen molar-refractivity contribution in [2.75, 3.05) is 13.1 Å². The Morgan fingerprint density at radius 2 is 1.58 bits per heavy atom. The lowest BCUT2D eigenvalue weighted by molar-refractivity contribution is 0.248. The fourth-order valence-electron chi connectivity index (χ4n) is 5.86. The third-order valence-electron chi connectivity index (χ3n) is 7.34. The minimum absolute atomic E-state index is 0.269. The highest BCUT2D eigenvalue weighted by Gasteiger charge is 2.22. The van der Waals surface area contributed by atoms with Crippen LogP contribution in [0.5, 0.6) is 0 Å². The second-order valence-electron chi connectivity index (χ2n) is 12.1. The van der Waals surface area contributed by atoms with Crippen LogP contribution in [-0.2, 0) is 39.0 Å². The predicted octanol–water partition coefficient (Wildman–Crippen LogP) is 8.07. The van der Waals surface area contributed by atoms with Gasteiger partial charge in [-0.1, -0.05) is 32.9 Å². The Balaban J connectivity index is 1.22. The summed E-state index contributed by atoms with van der Waals surface area (Å²) in [6.45, 7) is 20.1. The SMILES string of the molecule is CC(CC(C)(C)C)=Nc1c(C)cc(CN2CCc3cc(CN4CCc5ccsc5C4)sc3C2)cc1C. The lowest BCUT2D eigenvalue weighted by Gasteiger charge is -2.27. The van der Waals surface area contributed by atoms with Gasteiger partial charge in [0, 0.05) is 59.6 Å². The van der Waals surface area contributed by atoms with Gasteiger partial charge in [-0.25, -0.2) is 0 Å². The average molecular weight is 520 g/mol. The molecule has 36 heavy (non-hydrogen) atoms. The molecule has 1 aromatic carbocycles. The molecule has 2 aromatic heterocycles. The second kappa shape index (κ2) is 10.5. The number of rotatable bonds is 6. The first kappa shape index (κ1) is 25.8. The molecule has 0 fully saturated rings. The molecule has 0 unspecified atom stereocenters. The van der Waals surface area contributed by atoms with Crippen molar-refractivity contribution in [3.8, 4) is 0 Å². The van der Waals surface area contributed by atoms with Crippen molar-refractivity contribution >= 4 is 34.1 Å². The summed E-state index contributed by atoms with van der Waals surface area (Å²) in [5.41, 5.74) is 9.82. The van der Waals surface area contributed by atoms with Crippen molar-refractivity contribution in [3.63, 3.8) is 0 Å². The van der Waals surface area contributed by atoms with Crippen LogP contribution < -0.4 is 0 Å². The molecule has 0 radical (unpaired) electrons. The van der Waals surface area contributed by atoms with Gasteiger partial charge in [-0.05, 0) is 90.8 Å². The van der Waals surface area contributed by atoms with Gasteiger partial charge < -0.3 is 0 Å². The van der Waals surface area contributed by atoms with Crippen molar-refractivity contribution in [2.24, 2.45) is 10.4 Å². The van der Waals surface area contributed by atoms with E-state index < -0.39 is 0 Å². The highest BCUT2D eigenvalue weighted by Crippen LogP contribution is 2.33. The lowest BCUT2D eigenvalue weighted by atomic mass is 9.90. The van der Waals surface area contributed by atoms with E-state index in [1.54, 1.807) is 25.8 Å². The minimum Gasteiger partial charge on any atom is -0.294 e. The molecule has 0 spiro atoms. The Bertz CT molecular complexity index is 1230. The fraction of sp³-hybridized carbons (Fsp3) is 0.516. The molecule has 0 saturated carbocycles. The fourth-order valence-corrected chi connectivity index (χ4v) is 8.14. The van der Waals surface area contributed by atoms with Crippen molar-refractivity contribution in [1.82, 2.24) is 9.80 Å². The molecule has 0 atom stereocenters. The van der Waals surface area contributed by atoms with Crippen LogP contribution >= 0.6 is 22.7 Å². The van der Waals surface area contributed by atoms with Crippen LogP contribution in [0.25, 0.3) is 0 Å². The number of thiophene rings is 2. The van der Waals surface area contributed by atoms with Gasteiger partial charge in [-0.2, -0.15) is 0 Å². The van der Waals surface area contributed by atoms with E-state index in [1.165, 1.54) is 41.8 Å². The third kappa shape index (κ3) is 6.19. The molecule has 0 N–H and O–H groups in total. The van der Waals surface area contributed by atoms with Gasteiger partial charge in [0.1, 0.15) is 0 Å². The summed E-state index contributed by atoms with van der Waals surface area (Å²) >= 11 is 3.97. The molecular weight excluding hydrogens is 478 g/mol. The molecule has 0 amide bonds. The van der Waals surface area contributed by atoms with E-state index in [9.17, 15) is 0 Å². The largest absolute Gasteiger partial charge is 0.294 e. The number of nitrogens with zero attached hydrogens (tertiary/aromatic N) is 3. The van der Waals surface area contributed by atoms with Gasteiger partial charge in [0.2, 0.25) is 0 Å². The lowest BCUT2D eigenvalue weighted by Crippen LogP contribution is -2.29. The van der Waals surface area contributed by atoms with Gasteiger partial charge in [-0.15, -0.1) is 22.7 Å². The van der Waals surface area contributed by atoms with Crippen molar-refractivity contribution < 1.29 is 0 Å². The molecule has 4 heterocycles. The van der Waals surface area contributed by atoms with E-state index in [0.29, 0.717) is 0 Å². The van der Waals surface area contributed by atoms with Crippen LogP contribution in [-0.4, -0.2) is 28.6 Å². The van der Waals surface area contributed by atoms with Crippen molar-refractivity contribution in [1.29, 1.82) is 0 Å². The summed E-state index contributed by atoms with van der Waals surface area (Å²) in [5.74, 6) is 0. The quantitative estimate of drug-likeness (QED) is 0.307. The molecule has 5 heteroatoms. The second-order valence-corrected chi connectivity index (χ2v) is 14.3. The number of aliphatic imine (C=N–C) groups is 1. The number of benzene rings is 1. The Labute approximate surface area is 225 Å². The van der Waals surface area contributed by atoms with Crippen molar-refractivity contribution in [2.45, 2.75) is 87.0 Å². The van der Waals surface area contributed by atoms with Crippen LogP contribution in [0.2, 0.25) is 0 Å². The van der Waals surface area contributed by atoms with E-state index in [4.69, 9.17) is 4.99 Å². The molecule has 0 aliphatic carbocycles. The monoisotopic (exact) mass is 519 g/mol. The predicted molar refractivity (Wildman–Crippen MR) is 157 cm³/mol. The topological polar surface area (TPSA) is 18.8 Å². The van der Waals surface area contributed by atoms with Crippen molar-refractivity contribution in [3.05, 3.63) is 72.1 Å². The molecule has 2 aliphatic heterocycles. The molecule has 192 valence electrons. The molecule has 5 rings (SSSR count). The maximum atomic E-state index is 5.02. The molecule has 3 nitrogen and oxygen atoms in total. The molecule has 2 aliphatic rings. The zero-order chi connectivity index (χ0) is 25.4. The standard InChI is InChI=1S/C31H41N3S2/c1-21-13-24(14-22(2)30(21)32-23(3)16-31(4,5)6)17-33-11-8-26-15-27(36-29(26)20-33)18-34-10-7-25-9-12-35-28(25)19-34/h9,12-15H,7-8,10-11,16-20H2,1-6H3. The zero-order valence-corrected chi connectivity index (χ0v) is 24.5. The van der Waals surface area contributed by atoms with E-state index in [1.807, 2.05) is 22.7 Å². The summed E-state index contributed by atoms with van der Waals surface area (Å²) in [4.78, 5) is 15.0. The number of fused-ring (bicyclic) bond motifs is 2. The van der Waals surface area contributed by atoms with E-state index >= 15 is 0 Å². The number of hydrogen-bond acceptors (Lipinski definition) is 5. The van der Waals surface area contributed by atoms with Crippen LogP contribution in [0.3, 0.4) is 0 Å². The summed E-state index contributed by atoms with van der Waals surface area (Å²) in [5, 5.41) is 2.25. The van der Waals surface area contributed by atoms with Crippen LogP contribution in [0.4, 0.5) is 5.69 Å². The first-order valence-electron chi connectivity index (χ1n) is 13.4. The maximum absolute atomic E-state index is 5.02. The molecule has 3 aromatic rings. The van der Waals surface area contributed by atoms with E-state index in [-0.39, 0.29) is 5.41 Å². The third-order valence-corrected chi connectivity index (χ3v) is 9.43.